The number of methoxy groups -OCH3 is 2. The highest BCUT2D eigenvalue weighted by atomic mass is 32.2. The summed E-state index contributed by atoms with van der Waals surface area (Å²) in [4.78, 5) is 1.29. The van der Waals surface area contributed by atoms with Gasteiger partial charge in [-0.1, -0.05) is 58.0 Å². The number of thioether (sulfide) groups is 1. The van der Waals surface area contributed by atoms with Crippen LogP contribution in [0.3, 0.4) is 0 Å². The molecule has 36 heavy (non-hydrogen) atoms. The van der Waals surface area contributed by atoms with Crippen LogP contribution in [0, 0.1) is 6.92 Å². The Morgan fingerprint density at radius 2 is 1.53 bits per heavy atom. The molecule has 3 aromatic rings. The zero-order valence-electron chi connectivity index (χ0n) is 23.2. The number of hydrogen-bond acceptors (Lipinski definition) is 4. The van der Waals surface area contributed by atoms with E-state index < -0.39 is 8.32 Å². The molecule has 1 heterocycles. The minimum absolute atomic E-state index is 0.112. The fourth-order valence-corrected chi connectivity index (χ4v) is 7.29. The molecule has 5 heteroatoms. The van der Waals surface area contributed by atoms with Gasteiger partial charge in [-0.2, -0.15) is 0 Å². The molecular weight excluding hydrogens is 480 g/mol. The predicted molar refractivity (Wildman–Crippen MR) is 155 cm³/mol. The Morgan fingerprint density at radius 1 is 0.889 bits per heavy atom. The van der Waals surface area contributed by atoms with E-state index >= 15 is 0 Å². The predicted octanol–water partition coefficient (Wildman–Crippen LogP) is 8.59. The largest absolute Gasteiger partial charge is 0.543 e. The Labute approximate surface area is 222 Å². The molecule has 0 saturated carbocycles. The summed E-state index contributed by atoms with van der Waals surface area (Å²) in [5, 5.41) is 0.137. The van der Waals surface area contributed by atoms with Gasteiger partial charge in [-0.15, -0.1) is 11.8 Å². The van der Waals surface area contributed by atoms with Crippen molar-refractivity contribution in [3.8, 4) is 17.2 Å². The maximum Gasteiger partial charge on any atom is 0.250 e. The third kappa shape index (κ3) is 4.80. The van der Waals surface area contributed by atoms with Crippen LogP contribution in [0.4, 0.5) is 0 Å². The second-order valence-electron chi connectivity index (χ2n) is 11.6. The van der Waals surface area contributed by atoms with Crippen molar-refractivity contribution < 1.29 is 13.9 Å². The Morgan fingerprint density at radius 3 is 2.14 bits per heavy atom. The van der Waals surface area contributed by atoms with Crippen LogP contribution in [0.2, 0.25) is 18.1 Å². The molecule has 1 aliphatic rings. The third-order valence-electron chi connectivity index (χ3n) is 8.25. The van der Waals surface area contributed by atoms with E-state index in [0.29, 0.717) is 0 Å². The van der Waals surface area contributed by atoms with E-state index in [1.165, 1.54) is 27.1 Å². The Hall–Kier alpha value is -2.37. The first-order chi connectivity index (χ1) is 16.9. The van der Waals surface area contributed by atoms with Crippen molar-refractivity contribution >= 4 is 20.1 Å². The molecule has 0 aliphatic carbocycles. The van der Waals surface area contributed by atoms with Crippen molar-refractivity contribution in [1.29, 1.82) is 0 Å². The Kier molecular flexibility index (Phi) is 7.28. The molecule has 2 unspecified atom stereocenters. The van der Waals surface area contributed by atoms with Gasteiger partial charge in [0.1, 0.15) is 17.2 Å². The first-order valence-electron chi connectivity index (χ1n) is 12.6. The van der Waals surface area contributed by atoms with Crippen LogP contribution < -0.4 is 13.9 Å². The van der Waals surface area contributed by atoms with Gasteiger partial charge in [0.2, 0.25) is 8.32 Å². The highest BCUT2D eigenvalue weighted by Gasteiger charge is 2.44. The minimum atomic E-state index is -1.98. The van der Waals surface area contributed by atoms with Crippen molar-refractivity contribution in [2.75, 3.05) is 20.0 Å². The molecule has 0 aromatic heterocycles. The van der Waals surface area contributed by atoms with Gasteiger partial charge >= 0.3 is 0 Å². The second kappa shape index (κ2) is 9.83. The van der Waals surface area contributed by atoms with Crippen LogP contribution in [0.5, 0.6) is 17.2 Å². The van der Waals surface area contributed by atoms with Crippen LogP contribution in [-0.2, 0) is 5.41 Å². The zero-order chi connectivity index (χ0) is 26.3. The van der Waals surface area contributed by atoms with E-state index in [2.05, 4.69) is 108 Å². The van der Waals surface area contributed by atoms with Gasteiger partial charge in [0, 0.05) is 22.0 Å². The summed E-state index contributed by atoms with van der Waals surface area (Å²) in [6.45, 7) is 16.2. The first-order valence-corrected chi connectivity index (χ1v) is 16.5. The van der Waals surface area contributed by atoms with Crippen LogP contribution in [0.25, 0.3) is 0 Å². The van der Waals surface area contributed by atoms with E-state index in [1.54, 1.807) is 14.2 Å². The normalized spacial score (nSPS) is 20.0. The van der Waals surface area contributed by atoms with E-state index in [9.17, 15) is 0 Å². The highest BCUT2D eigenvalue weighted by Crippen LogP contribution is 2.54. The smallest absolute Gasteiger partial charge is 0.250 e. The lowest BCUT2D eigenvalue weighted by atomic mass is 9.66. The Bertz CT molecular complexity index is 1230. The average molecular weight is 521 g/mol. The summed E-state index contributed by atoms with van der Waals surface area (Å²) in [5.41, 5.74) is 5.12. The molecule has 0 bridgehead atoms. The summed E-state index contributed by atoms with van der Waals surface area (Å²) in [6.07, 6.45) is 0. The highest BCUT2D eigenvalue weighted by molar-refractivity contribution is 7.99. The van der Waals surface area contributed by atoms with Gasteiger partial charge in [-0.3, -0.25) is 0 Å². The lowest BCUT2D eigenvalue weighted by Crippen LogP contribution is -2.44. The SMILES string of the molecule is COc1ccc(C2(C)CSc3cc(OC)ccc3C2c2cccc(O[Si](C)(C)C(C)(C)C)c2C)cc1. The van der Waals surface area contributed by atoms with Crippen molar-refractivity contribution in [3.63, 3.8) is 0 Å². The molecule has 0 radical (unpaired) electrons. The quantitative estimate of drug-likeness (QED) is 0.304. The van der Waals surface area contributed by atoms with Crippen LogP contribution in [0.1, 0.15) is 55.9 Å². The summed E-state index contributed by atoms with van der Waals surface area (Å²) in [6, 6.07) is 21.8. The van der Waals surface area contributed by atoms with Crippen LogP contribution >= 0.6 is 11.8 Å². The fourth-order valence-electron chi connectivity index (χ4n) is 4.87. The minimum Gasteiger partial charge on any atom is -0.543 e. The van der Waals surface area contributed by atoms with Crippen LogP contribution in [0.15, 0.2) is 65.6 Å². The molecule has 0 N–H and O–H groups in total. The van der Waals surface area contributed by atoms with Gasteiger partial charge in [-0.25, -0.2) is 0 Å². The number of hydrogen-bond donors (Lipinski definition) is 0. The molecule has 3 aromatic carbocycles. The Balaban J connectivity index is 1.89. The summed E-state index contributed by atoms with van der Waals surface area (Å²) < 4.78 is 17.9. The zero-order valence-corrected chi connectivity index (χ0v) is 25.0. The third-order valence-corrected chi connectivity index (χ3v) is 14.0. The standard InChI is InChI=1S/C31H40O3SSi/c1-21-25(11-10-12-27(21)34-36(8,9)30(2,3)4)29-26-18-17-24(33-7)19-28(26)35-20-31(29,5)22-13-15-23(32-6)16-14-22/h10-19,29H,20H2,1-9H3. The molecular formula is C31H40O3SSi. The lowest BCUT2D eigenvalue weighted by Gasteiger charge is -2.44. The molecule has 4 rings (SSSR count). The second-order valence-corrected chi connectivity index (χ2v) is 17.3. The maximum absolute atomic E-state index is 6.85. The molecule has 3 nitrogen and oxygen atoms in total. The van der Waals surface area contributed by atoms with Gasteiger partial charge < -0.3 is 13.9 Å². The molecule has 0 saturated heterocycles. The van der Waals surface area contributed by atoms with Crippen molar-refractivity contribution in [2.24, 2.45) is 0 Å². The van der Waals surface area contributed by atoms with Crippen molar-refractivity contribution in [1.82, 2.24) is 0 Å². The van der Waals surface area contributed by atoms with Crippen molar-refractivity contribution in [2.45, 2.75) is 69.0 Å². The van der Waals surface area contributed by atoms with Gasteiger partial charge in [0.25, 0.3) is 0 Å². The van der Waals surface area contributed by atoms with E-state index in [0.717, 1.165) is 23.0 Å². The van der Waals surface area contributed by atoms with Crippen LogP contribution in [-0.4, -0.2) is 28.3 Å². The van der Waals surface area contributed by atoms with Gasteiger partial charge in [0.15, 0.2) is 0 Å². The average Bonchev–Trinajstić information content (AvgIpc) is 2.84. The van der Waals surface area contributed by atoms with Crippen molar-refractivity contribution in [3.05, 3.63) is 82.9 Å². The number of ether oxygens (including phenoxy) is 2. The summed E-state index contributed by atoms with van der Waals surface area (Å²) >= 11 is 1.92. The van der Waals surface area contributed by atoms with Gasteiger partial charge in [0.05, 0.1) is 14.2 Å². The number of fused-ring (bicyclic) bond motifs is 1. The molecule has 1 aliphatic heterocycles. The van der Waals surface area contributed by atoms with Gasteiger partial charge in [-0.05, 0) is 77.6 Å². The van der Waals surface area contributed by atoms with E-state index in [4.69, 9.17) is 13.9 Å². The number of benzene rings is 3. The summed E-state index contributed by atoms with van der Waals surface area (Å²) in [7, 11) is 1.48. The monoisotopic (exact) mass is 520 g/mol. The number of rotatable bonds is 6. The topological polar surface area (TPSA) is 27.7 Å². The lowest BCUT2D eigenvalue weighted by molar-refractivity contribution is 0.409. The van der Waals surface area contributed by atoms with E-state index in [1.807, 2.05) is 11.8 Å². The first kappa shape index (κ1) is 26.7. The maximum atomic E-state index is 6.85. The summed E-state index contributed by atoms with van der Waals surface area (Å²) in [5.74, 6) is 3.95. The fraction of sp³-hybridized carbons (Fsp3) is 0.419. The van der Waals surface area contributed by atoms with E-state index in [-0.39, 0.29) is 16.4 Å². The molecule has 0 fully saturated rings. The molecule has 2 atom stereocenters. The molecule has 0 spiro atoms. The molecule has 0 amide bonds. The molecule has 192 valence electrons.